The number of ketones is 1. The highest BCUT2D eigenvalue weighted by molar-refractivity contribution is 6.00. The van der Waals surface area contributed by atoms with E-state index in [-0.39, 0.29) is 5.78 Å². The standard InChI is InChI=1S/C15H19N3O2/c1-11-17-13-9-12(3-4-15(13)20-11)14(19)10-18-7-2-5-16-6-8-18/h3-4,9,16H,2,5-8,10H2,1H3. The minimum Gasteiger partial charge on any atom is -0.441 e. The quantitative estimate of drug-likeness (QED) is 0.861. The van der Waals surface area contributed by atoms with Crippen LogP contribution < -0.4 is 5.32 Å². The fourth-order valence-electron chi connectivity index (χ4n) is 2.57. The predicted octanol–water partition coefficient (Wildman–Crippen LogP) is 1.61. The number of hydrogen-bond acceptors (Lipinski definition) is 5. The summed E-state index contributed by atoms with van der Waals surface area (Å²) in [5.74, 6) is 0.776. The first-order valence-electron chi connectivity index (χ1n) is 7.06. The summed E-state index contributed by atoms with van der Waals surface area (Å²) in [5.41, 5.74) is 2.20. The van der Waals surface area contributed by atoms with E-state index in [1.807, 2.05) is 25.1 Å². The first-order chi connectivity index (χ1) is 9.72. The van der Waals surface area contributed by atoms with E-state index < -0.39 is 0 Å². The van der Waals surface area contributed by atoms with Crippen molar-refractivity contribution in [1.82, 2.24) is 15.2 Å². The third-order valence-electron chi connectivity index (χ3n) is 3.62. The van der Waals surface area contributed by atoms with Crippen molar-refractivity contribution in [2.75, 3.05) is 32.7 Å². The molecule has 1 fully saturated rings. The highest BCUT2D eigenvalue weighted by atomic mass is 16.3. The van der Waals surface area contributed by atoms with E-state index >= 15 is 0 Å². The smallest absolute Gasteiger partial charge is 0.192 e. The Bertz CT molecular complexity index is 613. The normalized spacial score (nSPS) is 17.2. The van der Waals surface area contributed by atoms with Crippen LogP contribution in [0, 0.1) is 6.92 Å². The number of oxazole rings is 1. The molecule has 0 saturated carbocycles. The fourth-order valence-corrected chi connectivity index (χ4v) is 2.57. The number of fused-ring (bicyclic) bond motifs is 1. The summed E-state index contributed by atoms with van der Waals surface area (Å²) in [7, 11) is 0. The van der Waals surface area contributed by atoms with Crippen molar-refractivity contribution in [3.63, 3.8) is 0 Å². The van der Waals surface area contributed by atoms with Gasteiger partial charge in [0.05, 0.1) is 6.54 Å². The maximum atomic E-state index is 12.4. The number of rotatable bonds is 3. The molecule has 5 heteroatoms. The van der Waals surface area contributed by atoms with Crippen molar-refractivity contribution >= 4 is 16.9 Å². The summed E-state index contributed by atoms with van der Waals surface area (Å²) in [5, 5.41) is 3.34. The van der Waals surface area contributed by atoms with E-state index in [0.29, 0.717) is 18.0 Å². The second-order valence-electron chi connectivity index (χ2n) is 5.22. The number of nitrogens with one attached hydrogen (secondary N) is 1. The van der Waals surface area contributed by atoms with E-state index in [9.17, 15) is 4.79 Å². The van der Waals surface area contributed by atoms with Gasteiger partial charge in [0.2, 0.25) is 0 Å². The van der Waals surface area contributed by atoms with E-state index in [1.165, 1.54) is 0 Å². The SMILES string of the molecule is Cc1nc2cc(C(=O)CN3CCCNCC3)ccc2o1. The van der Waals surface area contributed by atoms with Gasteiger partial charge < -0.3 is 9.73 Å². The number of aryl methyl sites for hydroxylation is 1. The summed E-state index contributed by atoms with van der Waals surface area (Å²) in [6.45, 7) is 6.18. The summed E-state index contributed by atoms with van der Waals surface area (Å²) >= 11 is 0. The molecule has 3 rings (SSSR count). The Kier molecular flexibility index (Phi) is 3.80. The second kappa shape index (κ2) is 5.73. The molecule has 2 aromatic rings. The molecular formula is C15H19N3O2. The lowest BCUT2D eigenvalue weighted by Crippen LogP contribution is -2.33. The maximum Gasteiger partial charge on any atom is 0.192 e. The Morgan fingerprint density at radius 1 is 1.40 bits per heavy atom. The molecule has 0 atom stereocenters. The number of benzene rings is 1. The Hall–Kier alpha value is -1.72. The number of Topliss-reactive ketones (excluding diaryl/α,β-unsaturated/α-hetero) is 1. The molecule has 5 nitrogen and oxygen atoms in total. The molecule has 2 heterocycles. The first-order valence-corrected chi connectivity index (χ1v) is 7.06. The largest absolute Gasteiger partial charge is 0.441 e. The second-order valence-corrected chi connectivity index (χ2v) is 5.22. The van der Waals surface area contributed by atoms with Gasteiger partial charge in [-0.2, -0.15) is 0 Å². The Labute approximate surface area is 118 Å². The van der Waals surface area contributed by atoms with Gasteiger partial charge in [0.1, 0.15) is 5.52 Å². The van der Waals surface area contributed by atoms with Crippen LogP contribution in [-0.4, -0.2) is 48.4 Å². The summed E-state index contributed by atoms with van der Waals surface area (Å²) in [6, 6.07) is 5.47. The van der Waals surface area contributed by atoms with Gasteiger partial charge >= 0.3 is 0 Å². The minimum absolute atomic E-state index is 0.148. The van der Waals surface area contributed by atoms with Gasteiger partial charge in [0.15, 0.2) is 17.3 Å². The first kappa shape index (κ1) is 13.3. The van der Waals surface area contributed by atoms with Crippen molar-refractivity contribution < 1.29 is 9.21 Å². The molecule has 1 aliphatic rings. The van der Waals surface area contributed by atoms with Crippen molar-refractivity contribution in [3.05, 3.63) is 29.7 Å². The number of hydrogen-bond donors (Lipinski definition) is 1. The molecular weight excluding hydrogens is 254 g/mol. The minimum atomic E-state index is 0.148. The fraction of sp³-hybridized carbons (Fsp3) is 0.467. The average molecular weight is 273 g/mol. The Balaban J connectivity index is 1.74. The van der Waals surface area contributed by atoms with E-state index in [0.717, 1.165) is 43.7 Å². The van der Waals surface area contributed by atoms with E-state index in [1.54, 1.807) is 0 Å². The molecule has 1 aromatic heterocycles. The lowest BCUT2D eigenvalue weighted by Gasteiger charge is -2.18. The van der Waals surface area contributed by atoms with Gasteiger partial charge in [-0.05, 0) is 37.7 Å². The predicted molar refractivity (Wildman–Crippen MR) is 77.0 cm³/mol. The zero-order chi connectivity index (χ0) is 13.9. The van der Waals surface area contributed by atoms with Crippen LogP contribution in [0.4, 0.5) is 0 Å². The third-order valence-corrected chi connectivity index (χ3v) is 3.62. The van der Waals surface area contributed by atoms with Crippen LogP contribution in [0.25, 0.3) is 11.1 Å². The van der Waals surface area contributed by atoms with Gasteiger partial charge in [-0.3, -0.25) is 9.69 Å². The van der Waals surface area contributed by atoms with E-state index in [2.05, 4.69) is 15.2 Å². The highest BCUT2D eigenvalue weighted by Crippen LogP contribution is 2.17. The number of carbonyl (C=O) groups is 1. The number of aromatic nitrogens is 1. The van der Waals surface area contributed by atoms with Crippen LogP contribution in [0.15, 0.2) is 22.6 Å². The van der Waals surface area contributed by atoms with Crippen LogP contribution in [0.2, 0.25) is 0 Å². The molecule has 0 amide bonds. The van der Waals surface area contributed by atoms with Crippen molar-refractivity contribution in [3.8, 4) is 0 Å². The van der Waals surface area contributed by atoms with E-state index in [4.69, 9.17) is 4.42 Å². The molecule has 1 aromatic carbocycles. The summed E-state index contributed by atoms with van der Waals surface area (Å²) < 4.78 is 5.43. The van der Waals surface area contributed by atoms with Crippen LogP contribution >= 0.6 is 0 Å². The van der Waals surface area contributed by atoms with Crippen molar-refractivity contribution in [1.29, 1.82) is 0 Å². The molecule has 20 heavy (non-hydrogen) atoms. The highest BCUT2D eigenvalue weighted by Gasteiger charge is 2.15. The number of nitrogens with zero attached hydrogens (tertiary/aromatic N) is 2. The third kappa shape index (κ3) is 2.89. The van der Waals surface area contributed by atoms with Gasteiger partial charge in [0, 0.05) is 25.6 Å². The summed E-state index contributed by atoms with van der Waals surface area (Å²) in [6.07, 6.45) is 1.09. The van der Waals surface area contributed by atoms with Gasteiger partial charge in [-0.1, -0.05) is 0 Å². The van der Waals surface area contributed by atoms with Crippen molar-refractivity contribution in [2.24, 2.45) is 0 Å². The molecule has 0 bridgehead atoms. The summed E-state index contributed by atoms with van der Waals surface area (Å²) in [4.78, 5) is 18.8. The van der Waals surface area contributed by atoms with Gasteiger partial charge in [-0.25, -0.2) is 4.98 Å². The molecule has 0 spiro atoms. The molecule has 0 radical (unpaired) electrons. The van der Waals surface area contributed by atoms with Crippen LogP contribution in [-0.2, 0) is 0 Å². The van der Waals surface area contributed by atoms with Crippen LogP contribution in [0.1, 0.15) is 22.7 Å². The number of carbonyl (C=O) groups excluding carboxylic acids is 1. The van der Waals surface area contributed by atoms with Crippen LogP contribution in [0.5, 0.6) is 0 Å². The monoisotopic (exact) mass is 273 g/mol. The molecule has 1 saturated heterocycles. The lowest BCUT2D eigenvalue weighted by atomic mass is 10.1. The molecule has 0 unspecified atom stereocenters. The molecule has 0 aliphatic carbocycles. The zero-order valence-electron chi connectivity index (χ0n) is 11.7. The van der Waals surface area contributed by atoms with Gasteiger partial charge in [-0.15, -0.1) is 0 Å². The topological polar surface area (TPSA) is 58.4 Å². The zero-order valence-corrected chi connectivity index (χ0v) is 11.7. The maximum absolute atomic E-state index is 12.4. The van der Waals surface area contributed by atoms with Gasteiger partial charge in [0.25, 0.3) is 0 Å². The Morgan fingerprint density at radius 3 is 3.20 bits per heavy atom. The average Bonchev–Trinajstić information content (AvgIpc) is 2.62. The lowest BCUT2D eigenvalue weighted by molar-refractivity contribution is 0.0935. The Morgan fingerprint density at radius 2 is 2.30 bits per heavy atom. The molecule has 106 valence electrons. The van der Waals surface area contributed by atoms with Crippen molar-refractivity contribution in [2.45, 2.75) is 13.3 Å². The van der Waals surface area contributed by atoms with Crippen LogP contribution in [0.3, 0.4) is 0 Å². The molecule has 1 N–H and O–H groups in total. The molecule has 1 aliphatic heterocycles.